The molecule has 1 aliphatic rings. The van der Waals surface area contributed by atoms with E-state index >= 15 is 0 Å². The van der Waals surface area contributed by atoms with Crippen molar-refractivity contribution in [2.45, 2.75) is 72.4 Å². The Hall–Kier alpha value is -0.0800. The summed E-state index contributed by atoms with van der Waals surface area (Å²) in [6.07, 6.45) is 5.45. The zero-order valence-electron chi connectivity index (χ0n) is 12.6. The Labute approximate surface area is 108 Å². The van der Waals surface area contributed by atoms with Crippen molar-refractivity contribution in [1.29, 1.82) is 0 Å². The van der Waals surface area contributed by atoms with E-state index < -0.39 is 0 Å². The van der Waals surface area contributed by atoms with Crippen LogP contribution in [0, 0.1) is 5.41 Å². The van der Waals surface area contributed by atoms with Gasteiger partial charge in [0.15, 0.2) is 0 Å². The van der Waals surface area contributed by atoms with Gasteiger partial charge in [-0.3, -0.25) is 4.90 Å². The van der Waals surface area contributed by atoms with Crippen molar-refractivity contribution in [3.63, 3.8) is 0 Å². The lowest BCUT2D eigenvalue weighted by Gasteiger charge is -2.24. The van der Waals surface area contributed by atoms with Gasteiger partial charge in [-0.1, -0.05) is 27.7 Å². The van der Waals surface area contributed by atoms with E-state index in [0.717, 1.165) is 12.6 Å². The lowest BCUT2D eigenvalue weighted by molar-refractivity contribution is 0.267. The van der Waals surface area contributed by atoms with Crippen molar-refractivity contribution in [1.82, 2.24) is 10.2 Å². The molecule has 0 heterocycles. The first-order chi connectivity index (χ1) is 7.92. The molecule has 1 saturated carbocycles. The molecule has 102 valence electrons. The second-order valence-electron chi connectivity index (χ2n) is 6.81. The van der Waals surface area contributed by atoms with Crippen LogP contribution in [0.15, 0.2) is 0 Å². The fourth-order valence-corrected chi connectivity index (χ4v) is 2.24. The standard InChI is InChI=1S/C15H32N2/c1-6-17(14-7-8-14)12-11-16-13(2)9-10-15(3,4)5/h13-14,16H,6-12H2,1-5H3. The first-order valence-corrected chi connectivity index (χ1v) is 7.40. The largest absolute Gasteiger partial charge is 0.313 e. The number of hydrogen-bond donors (Lipinski definition) is 1. The highest BCUT2D eigenvalue weighted by Crippen LogP contribution is 2.26. The van der Waals surface area contributed by atoms with Crippen LogP contribution in [-0.2, 0) is 0 Å². The number of likely N-dealkylation sites (N-methyl/N-ethyl adjacent to an activating group) is 1. The van der Waals surface area contributed by atoms with Crippen LogP contribution in [0.2, 0.25) is 0 Å². The Kier molecular flexibility index (Phi) is 5.94. The molecule has 1 fully saturated rings. The summed E-state index contributed by atoms with van der Waals surface area (Å²) in [7, 11) is 0. The van der Waals surface area contributed by atoms with Gasteiger partial charge in [0.25, 0.3) is 0 Å². The fraction of sp³-hybridized carbons (Fsp3) is 1.00. The van der Waals surface area contributed by atoms with Crippen LogP contribution in [0.5, 0.6) is 0 Å². The minimum Gasteiger partial charge on any atom is -0.313 e. The van der Waals surface area contributed by atoms with Crippen molar-refractivity contribution in [2.75, 3.05) is 19.6 Å². The van der Waals surface area contributed by atoms with Crippen molar-refractivity contribution in [3.8, 4) is 0 Å². The van der Waals surface area contributed by atoms with Gasteiger partial charge in [-0.15, -0.1) is 0 Å². The Balaban J connectivity index is 2.04. The summed E-state index contributed by atoms with van der Waals surface area (Å²) in [6.45, 7) is 15.2. The average molecular weight is 240 g/mol. The Bertz CT molecular complexity index is 203. The van der Waals surface area contributed by atoms with E-state index in [-0.39, 0.29) is 0 Å². The molecule has 0 aromatic carbocycles. The van der Waals surface area contributed by atoms with Gasteiger partial charge < -0.3 is 5.32 Å². The van der Waals surface area contributed by atoms with Crippen LogP contribution in [-0.4, -0.2) is 36.6 Å². The molecular formula is C15H32N2. The van der Waals surface area contributed by atoms with Gasteiger partial charge in [0.2, 0.25) is 0 Å². The number of hydrogen-bond acceptors (Lipinski definition) is 2. The van der Waals surface area contributed by atoms with E-state index in [1.54, 1.807) is 0 Å². The minimum atomic E-state index is 0.472. The molecule has 1 rings (SSSR count). The maximum Gasteiger partial charge on any atom is 0.0110 e. The van der Waals surface area contributed by atoms with E-state index in [0.29, 0.717) is 11.5 Å². The third kappa shape index (κ3) is 7.05. The predicted octanol–water partition coefficient (Wildman–Crippen LogP) is 3.28. The molecule has 0 spiro atoms. The highest BCUT2D eigenvalue weighted by atomic mass is 15.2. The summed E-state index contributed by atoms with van der Waals surface area (Å²) < 4.78 is 0. The lowest BCUT2D eigenvalue weighted by Crippen LogP contribution is -2.37. The zero-order chi connectivity index (χ0) is 12.9. The summed E-state index contributed by atoms with van der Waals surface area (Å²) >= 11 is 0. The van der Waals surface area contributed by atoms with Gasteiger partial charge >= 0.3 is 0 Å². The molecule has 1 N–H and O–H groups in total. The van der Waals surface area contributed by atoms with Crippen molar-refractivity contribution < 1.29 is 0 Å². The zero-order valence-corrected chi connectivity index (χ0v) is 12.6. The van der Waals surface area contributed by atoms with Gasteiger partial charge in [-0.2, -0.15) is 0 Å². The molecular weight excluding hydrogens is 208 g/mol. The second kappa shape index (κ2) is 6.75. The van der Waals surface area contributed by atoms with E-state index in [2.05, 4.69) is 44.8 Å². The van der Waals surface area contributed by atoms with Crippen molar-refractivity contribution in [3.05, 3.63) is 0 Å². The first-order valence-electron chi connectivity index (χ1n) is 7.40. The molecule has 0 amide bonds. The van der Waals surface area contributed by atoms with Crippen LogP contribution in [0.3, 0.4) is 0 Å². The summed E-state index contributed by atoms with van der Waals surface area (Å²) in [5.74, 6) is 0. The van der Waals surface area contributed by atoms with E-state index in [9.17, 15) is 0 Å². The molecule has 17 heavy (non-hydrogen) atoms. The molecule has 2 heteroatoms. The number of nitrogens with zero attached hydrogens (tertiary/aromatic N) is 1. The Morgan fingerprint density at radius 3 is 2.41 bits per heavy atom. The highest BCUT2D eigenvalue weighted by molar-refractivity contribution is 4.84. The van der Waals surface area contributed by atoms with E-state index in [1.165, 1.54) is 38.8 Å². The topological polar surface area (TPSA) is 15.3 Å². The van der Waals surface area contributed by atoms with Crippen LogP contribution < -0.4 is 5.32 Å². The fourth-order valence-electron chi connectivity index (χ4n) is 2.24. The minimum absolute atomic E-state index is 0.472. The molecule has 0 radical (unpaired) electrons. The van der Waals surface area contributed by atoms with Gasteiger partial charge in [0.1, 0.15) is 0 Å². The van der Waals surface area contributed by atoms with Crippen LogP contribution in [0.4, 0.5) is 0 Å². The summed E-state index contributed by atoms with van der Waals surface area (Å²) in [5, 5.41) is 3.66. The number of nitrogens with one attached hydrogen (secondary N) is 1. The monoisotopic (exact) mass is 240 g/mol. The van der Waals surface area contributed by atoms with Crippen LogP contribution in [0.25, 0.3) is 0 Å². The molecule has 1 aliphatic carbocycles. The maximum absolute atomic E-state index is 3.66. The summed E-state index contributed by atoms with van der Waals surface area (Å²) in [6, 6.07) is 1.57. The van der Waals surface area contributed by atoms with E-state index in [1.807, 2.05) is 0 Å². The Morgan fingerprint density at radius 2 is 1.94 bits per heavy atom. The van der Waals surface area contributed by atoms with Gasteiger partial charge in [0.05, 0.1) is 0 Å². The van der Waals surface area contributed by atoms with E-state index in [4.69, 9.17) is 0 Å². The molecule has 1 unspecified atom stereocenters. The highest BCUT2D eigenvalue weighted by Gasteiger charge is 2.27. The summed E-state index contributed by atoms with van der Waals surface area (Å²) in [5.41, 5.74) is 0.472. The lowest BCUT2D eigenvalue weighted by atomic mass is 9.89. The molecule has 2 nitrogen and oxygen atoms in total. The quantitative estimate of drug-likeness (QED) is 0.700. The van der Waals surface area contributed by atoms with Gasteiger partial charge in [-0.05, 0) is 44.6 Å². The Morgan fingerprint density at radius 1 is 1.29 bits per heavy atom. The second-order valence-corrected chi connectivity index (χ2v) is 6.81. The number of rotatable bonds is 8. The van der Waals surface area contributed by atoms with Crippen molar-refractivity contribution in [2.24, 2.45) is 5.41 Å². The molecule has 0 saturated heterocycles. The van der Waals surface area contributed by atoms with Crippen LogP contribution >= 0.6 is 0 Å². The normalized spacial score (nSPS) is 18.7. The predicted molar refractivity (Wildman–Crippen MR) is 76.4 cm³/mol. The van der Waals surface area contributed by atoms with Gasteiger partial charge in [-0.25, -0.2) is 0 Å². The molecule has 1 atom stereocenters. The average Bonchev–Trinajstić information content (AvgIpc) is 3.04. The smallest absolute Gasteiger partial charge is 0.0110 e. The molecule has 0 aromatic rings. The third-order valence-electron chi connectivity index (χ3n) is 3.69. The van der Waals surface area contributed by atoms with Crippen molar-refractivity contribution >= 4 is 0 Å². The van der Waals surface area contributed by atoms with Gasteiger partial charge in [0, 0.05) is 25.2 Å². The summed E-state index contributed by atoms with van der Waals surface area (Å²) in [4.78, 5) is 2.61. The SMILES string of the molecule is CCN(CCNC(C)CCC(C)(C)C)C1CC1. The first kappa shape index (κ1) is 15.0. The molecule has 0 aliphatic heterocycles. The third-order valence-corrected chi connectivity index (χ3v) is 3.69. The van der Waals surface area contributed by atoms with Crippen LogP contribution in [0.1, 0.15) is 60.3 Å². The maximum atomic E-state index is 3.66. The molecule has 0 bridgehead atoms. The molecule has 0 aromatic heterocycles.